The number of benzene rings is 3. The van der Waals surface area contributed by atoms with Gasteiger partial charge in [0.25, 0.3) is 0 Å². The Morgan fingerprint density at radius 2 is 2.00 bits per heavy atom. The summed E-state index contributed by atoms with van der Waals surface area (Å²) in [5, 5.41) is 11.7. The van der Waals surface area contributed by atoms with Crippen molar-refractivity contribution in [3.63, 3.8) is 0 Å². The standard InChI is InChI=1S/C23H18BrN3O2S/c1-3-21(22(28)29-2)30-23-26-18-12-15(24)9-11-20(18)27(23)19-10-8-14(13-25)16-6-4-5-7-17(16)19/h4-12,21H,3H2,1-2H3. The number of thioether (sulfide) groups is 1. The van der Waals surface area contributed by atoms with Crippen molar-refractivity contribution >= 4 is 55.5 Å². The number of nitriles is 1. The molecule has 4 rings (SSSR count). The van der Waals surface area contributed by atoms with E-state index in [4.69, 9.17) is 9.72 Å². The Morgan fingerprint density at radius 1 is 1.23 bits per heavy atom. The maximum Gasteiger partial charge on any atom is 0.319 e. The average Bonchev–Trinajstić information content (AvgIpc) is 3.12. The molecule has 4 aromatic rings. The van der Waals surface area contributed by atoms with Gasteiger partial charge in [0.05, 0.1) is 35.5 Å². The fourth-order valence-electron chi connectivity index (χ4n) is 3.48. The van der Waals surface area contributed by atoms with E-state index < -0.39 is 0 Å². The van der Waals surface area contributed by atoms with Crippen LogP contribution in [0, 0.1) is 11.3 Å². The van der Waals surface area contributed by atoms with Crippen LogP contribution in [0.2, 0.25) is 0 Å². The third kappa shape index (κ3) is 3.57. The fraction of sp³-hybridized carbons (Fsp3) is 0.174. The van der Waals surface area contributed by atoms with E-state index in [1.807, 2.05) is 61.5 Å². The lowest BCUT2D eigenvalue weighted by Gasteiger charge is -2.15. The van der Waals surface area contributed by atoms with Gasteiger partial charge in [0.1, 0.15) is 5.25 Å². The molecular formula is C23H18BrN3O2S. The molecule has 3 aromatic carbocycles. The van der Waals surface area contributed by atoms with Crippen molar-refractivity contribution < 1.29 is 9.53 Å². The number of fused-ring (bicyclic) bond motifs is 2. The monoisotopic (exact) mass is 479 g/mol. The molecule has 0 N–H and O–H groups in total. The van der Waals surface area contributed by atoms with Crippen LogP contribution in [0.3, 0.4) is 0 Å². The van der Waals surface area contributed by atoms with Gasteiger partial charge in [0.15, 0.2) is 5.16 Å². The summed E-state index contributed by atoms with van der Waals surface area (Å²) in [6.45, 7) is 1.95. The molecule has 0 aliphatic rings. The molecule has 5 nitrogen and oxygen atoms in total. The molecule has 1 heterocycles. The second-order valence-corrected chi connectivity index (χ2v) is 8.78. The lowest BCUT2D eigenvalue weighted by molar-refractivity contribution is -0.140. The molecule has 1 atom stereocenters. The molecule has 0 aliphatic carbocycles. The largest absolute Gasteiger partial charge is 0.468 e. The van der Waals surface area contributed by atoms with Crippen LogP contribution in [-0.4, -0.2) is 27.9 Å². The number of methoxy groups -OCH3 is 1. The molecule has 7 heteroatoms. The first-order valence-electron chi connectivity index (χ1n) is 9.42. The van der Waals surface area contributed by atoms with E-state index in [0.29, 0.717) is 17.1 Å². The summed E-state index contributed by atoms with van der Waals surface area (Å²) in [6, 6.07) is 19.8. The average molecular weight is 480 g/mol. The Labute approximate surface area is 186 Å². The summed E-state index contributed by atoms with van der Waals surface area (Å²) in [5.41, 5.74) is 3.28. The Kier molecular flexibility index (Phi) is 5.80. The first-order valence-corrected chi connectivity index (χ1v) is 11.1. The molecular weight excluding hydrogens is 462 g/mol. The van der Waals surface area contributed by atoms with Gasteiger partial charge in [-0.25, -0.2) is 4.98 Å². The summed E-state index contributed by atoms with van der Waals surface area (Å²) < 4.78 is 7.96. The number of rotatable bonds is 5. The van der Waals surface area contributed by atoms with Gasteiger partial charge in [0, 0.05) is 15.2 Å². The lowest BCUT2D eigenvalue weighted by atomic mass is 10.0. The third-order valence-corrected chi connectivity index (χ3v) is 6.72. The fourth-order valence-corrected chi connectivity index (χ4v) is 4.89. The minimum Gasteiger partial charge on any atom is -0.468 e. The predicted octanol–water partition coefficient (Wildman–Crippen LogP) is 5.86. The summed E-state index contributed by atoms with van der Waals surface area (Å²) in [7, 11) is 1.40. The Hall–Kier alpha value is -2.82. The van der Waals surface area contributed by atoms with E-state index in [2.05, 4.69) is 26.6 Å². The molecule has 0 fully saturated rings. The van der Waals surface area contributed by atoms with Gasteiger partial charge in [0.2, 0.25) is 0 Å². The second-order valence-electron chi connectivity index (χ2n) is 6.69. The molecule has 0 bridgehead atoms. The van der Waals surface area contributed by atoms with Gasteiger partial charge in [-0.1, -0.05) is 58.9 Å². The Balaban J connectivity index is 2.00. The van der Waals surface area contributed by atoms with Crippen LogP contribution in [0.15, 0.2) is 64.2 Å². The molecule has 0 saturated heterocycles. The predicted molar refractivity (Wildman–Crippen MR) is 123 cm³/mol. The zero-order valence-electron chi connectivity index (χ0n) is 16.4. The van der Waals surface area contributed by atoms with E-state index in [-0.39, 0.29) is 11.2 Å². The van der Waals surface area contributed by atoms with Crippen molar-refractivity contribution in [2.45, 2.75) is 23.8 Å². The van der Waals surface area contributed by atoms with Crippen LogP contribution in [0.25, 0.3) is 27.5 Å². The Bertz CT molecular complexity index is 1310. The molecule has 150 valence electrons. The highest BCUT2D eigenvalue weighted by Gasteiger charge is 2.24. The van der Waals surface area contributed by atoms with Crippen LogP contribution in [-0.2, 0) is 9.53 Å². The van der Waals surface area contributed by atoms with Crippen LogP contribution in [0.5, 0.6) is 0 Å². The minimum absolute atomic E-state index is 0.271. The van der Waals surface area contributed by atoms with Crippen LogP contribution < -0.4 is 0 Å². The minimum atomic E-state index is -0.362. The maximum atomic E-state index is 12.2. The van der Waals surface area contributed by atoms with Crippen molar-refractivity contribution in [2.75, 3.05) is 7.11 Å². The first kappa shape index (κ1) is 20.5. The van der Waals surface area contributed by atoms with Crippen molar-refractivity contribution in [1.29, 1.82) is 5.26 Å². The number of hydrogen-bond donors (Lipinski definition) is 0. The number of carbonyl (C=O) groups excluding carboxylic acids is 1. The van der Waals surface area contributed by atoms with Gasteiger partial charge in [-0.05, 0) is 36.8 Å². The summed E-state index contributed by atoms with van der Waals surface area (Å²) >= 11 is 4.90. The van der Waals surface area contributed by atoms with E-state index in [1.165, 1.54) is 18.9 Å². The summed E-state index contributed by atoms with van der Waals surface area (Å²) in [5.74, 6) is -0.271. The number of ether oxygens (including phenoxy) is 1. The SMILES string of the molecule is CCC(Sc1nc2cc(Br)ccc2n1-c1ccc(C#N)c2ccccc12)C(=O)OC. The van der Waals surface area contributed by atoms with Crippen molar-refractivity contribution in [1.82, 2.24) is 9.55 Å². The third-order valence-electron chi connectivity index (χ3n) is 4.93. The van der Waals surface area contributed by atoms with E-state index in [9.17, 15) is 10.1 Å². The van der Waals surface area contributed by atoms with Gasteiger partial charge in [-0.15, -0.1) is 0 Å². The van der Waals surface area contributed by atoms with E-state index in [1.54, 1.807) is 0 Å². The number of carbonyl (C=O) groups is 1. The quantitative estimate of drug-likeness (QED) is 0.265. The molecule has 0 saturated carbocycles. The molecule has 30 heavy (non-hydrogen) atoms. The van der Waals surface area contributed by atoms with Gasteiger partial charge < -0.3 is 4.74 Å². The highest BCUT2D eigenvalue weighted by atomic mass is 79.9. The van der Waals surface area contributed by atoms with Crippen LogP contribution in [0.1, 0.15) is 18.9 Å². The number of halogens is 1. The molecule has 0 radical (unpaired) electrons. The second kappa shape index (κ2) is 8.50. The van der Waals surface area contributed by atoms with Crippen LogP contribution >= 0.6 is 27.7 Å². The number of esters is 1. The van der Waals surface area contributed by atoms with Crippen LogP contribution in [0.4, 0.5) is 0 Å². The first-order chi connectivity index (χ1) is 14.6. The summed E-state index contributed by atoms with van der Waals surface area (Å²) in [4.78, 5) is 17.1. The number of nitrogens with zero attached hydrogens (tertiary/aromatic N) is 3. The van der Waals surface area contributed by atoms with Gasteiger partial charge >= 0.3 is 5.97 Å². The zero-order valence-corrected chi connectivity index (χ0v) is 18.8. The smallest absolute Gasteiger partial charge is 0.319 e. The Morgan fingerprint density at radius 3 is 2.70 bits per heavy atom. The van der Waals surface area contributed by atoms with E-state index in [0.717, 1.165) is 32.0 Å². The number of hydrogen-bond acceptors (Lipinski definition) is 5. The summed E-state index contributed by atoms with van der Waals surface area (Å²) in [6.07, 6.45) is 0.623. The highest BCUT2D eigenvalue weighted by molar-refractivity contribution is 9.10. The molecule has 1 aromatic heterocycles. The number of imidazole rings is 1. The topological polar surface area (TPSA) is 67.9 Å². The molecule has 0 amide bonds. The molecule has 0 aliphatic heterocycles. The van der Waals surface area contributed by atoms with E-state index >= 15 is 0 Å². The zero-order chi connectivity index (χ0) is 21.3. The van der Waals surface area contributed by atoms with Gasteiger partial charge in [-0.3, -0.25) is 9.36 Å². The van der Waals surface area contributed by atoms with Gasteiger partial charge in [-0.2, -0.15) is 5.26 Å². The molecule has 1 unspecified atom stereocenters. The maximum absolute atomic E-state index is 12.2. The van der Waals surface area contributed by atoms with Crippen molar-refractivity contribution in [3.05, 3.63) is 64.6 Å². The van der Waals surface area contributed by atoms with Crippen molar-refractivity contribution in [3.8, 4) is 11.8 Å². The highest BCUT2D eigenvalue weighted by Crippen LogP contribution is 2.36. The molecule has 0 spiro atoms. The lowest BCUT2D eigenvalue weighted by Crippen LogP contribution is -2.18. The number of aromatic nitrogens is 2. The normalized spacial score (nSPS) is 12.1. The van der Waals surface area contributed by atoms with Crippen molar-refractivity contribution in [2.24, 2.45) is 0 Å².